The lowest BCUT2D eigenvalue weighted by atomic mass is 9.74. The summed E-state index contributed by atoms with van der Waals surface area (Å²) in [4.78, 5) is 0.865. The van der Waals surface area contributed by atoms with Crippen LogP contribution in [-0.2, 0) is 16.3 Å². The Morgan fingerprint density at radius 2 is 1.70 bits per heavy atom. The van der Waals surface area contributed by atoms with Crippen LogP contribution in [0.5, 0.6) is 0 Å². The molecule has 2 nitrogen and oxygen atoms in total. The fraction of sp³-hybridized carbons (Fsp3) is 0.500. The number of rotatable bonds is 3. The van der Waals surface area contributed by atoms with Gasteiger partial charge in [0.15, 0.2) is 0 Å². The Labute approximate surface area is 164 Å². The highest BCUT2D eigenvalue weighted by atomic mass is 32.2. The second kappa shape index (κ2) is 7.79. The van der Waals surface area contributed by atoms with Crippen molar-refractivity contribution in [3.8, 4) is 0 Å². The minimum atomic E-state index is -3.50. The van der Waals surface area contributed by atoms with E-state index in [0.29, 0.717) is 21.6 Å². The van der Waals surface area contributed by atoms with Crippen molar-refractivity contribution < 1.29 is 8.42 Å². The van der Waals surface area contributed by atoms with E-state index in [4.69, 9.17) is 0 Å². The SMILES string of the molecule is CCC1CC(C)Cc2c(C)cc(S(=O)(=O)c3ccccc3)c(C)c2C(C)C1. The van der Waals surface area contributed by atoms with E-state index in [2.05, 4.69) is 27.7 Å². The zero-order chi connectivity index (χ0) is 19.8. The molecule has 0 saturated carbocycles. The summed E-state index contributed by atoms with van der Waals surface area (Å²) in [6.45, 7) is 11.0. The Balaban J connectivity index is 2.20. The van der Waals surface area contributed by atoms with Gasteiger partial charge in [0.25, 0.3) is 0 Å². The summed E-state index contributed by atoms with van der Waals surface area (Å²) >= 11 is 0. The standard InChI is InChI=1S/C24H32O2S/c1-6-20-12-16(2)13-22-17(3)15-23(19(5)24(22)18(4)14-20)27(25,26)21-10-8-7-9-11-21/h7-11,15-16,18,20H,6,12-14H2,1-5H3. The van der Waals surface area contributed by atoms with E-state index in [1.54, 1.807) is 24.3 Å². The van der Waals surface area contributed by atoms with Crippen LogP contribution < -0.4 is 0 Å². The summed E-state index contributed by atoms with van der Waals surface area (Å²) in [5.74, 6) is 1.75. The molecule has 1 aliphatic rings. The fourth-order valence-corrected chi connectivity index (χ4v) is 6.57. The maximum absolute atomic E-state index is 13.3. The van der Waals surface area contributed by atoms with Gasteiger partial charge in [-0.3, -0.25) is 0 Å². The molecule has 0 spiro atoms. The molecule has 0 heterocycles. The molecule has 3 unspecified atom stereocenters. The zero-order valence-electron chi connectivity index (χ0n) is 17.2. The van der Waals surface area contributed by atoms with Crippen molar-refractivity contribution in [3.05, 3.63) is 58.7 Å². The summed E-state index contributed by atoms with van der Waals surface area (Å²) in [5, 5.41) is 0. The van der Waals surface area contributed by atoms with Crippen molar-refractivity contribution in [2.24, 2.45) is 11.8 Å². The van der Waals surface area contributed by atoms with Gasteiger partial charge < -0.3 is 0 Å². The quantitative estimate of drug-likeness (QED) is 0.628. The Hall–Kier alpha value is -1.61. The molecule has 3 heteroatoms. The topological polar surface area (TPSA) is 34.1 Å². The van der Waals surface area contributed by atoms with Crippen LogP contribution in [0.1, 0.15) is 68.2 Å². The van der Waals surface area contributed by atoms with Crippen molar-refractivity contribution in [1.82, 2.24) is 0 Å². The maximum atomic E-state index is 13.3. The monoisotopic (exact) mass is 384 g/mol. The van der Waals surface area contributed by atoms with Crippen molar-refractivity contribution >= 4 is 9.84 Å². The highest BCUT2D eigenvalue weighted by Gasteiger charge is 2.29. The smallest absolute Gasteiger partial charge is 0.206 e. The molecule has 2 aromatic carbocycles. The van der Waals surface area contributed by atoms with Crippen LogP contribution >= 0.6 is 0 Å². The van der Waals surface area contributed by atoms with Crippen LogP contribution in [-0.4, -0.2) is 8.42 Å². The molecule has 0 aromatic heterocycles. The maximum Gasteiger partial charge on any atom is 0.206 e. The van der Waals surface area contributed by atoms with Gasteiger partial charge >= 0.3 is 0 Å². The largest absolute Gasteiger partial charge is 0.219 e. The predicted molar refractivity (Wildman–Crippen MR) is 112 cm³/mol. The molecule has 0 amide bonds. The Morgan fingerprint density at radius 3 is 2.33 bits per heavy atom. The summed E-state index contributed by atoms with van der Waals surface area (Å²) in [5.41, 5.74) is 4.75. The molecular weight excluding hydrogens is 352 g/mol. The lowest BCUT2D eigenvalue weighted by molar-refractivity contribution is 0.328. The minimum Gasteiger partial charge on any atom is -0.219 e. The molecule has 2 aromatic rings. The first-order valence-electron chi connectivity index (χ1n) is 10.2. The number of hydrogen-bond donors (Lipinski definition) is 0. The van der Waals surface area contributed by atoms with Gasteiger partial charge in [0.1, 0.15) is 0 Å². The van der Waals surface area contributed by atoms with Gasteiger partial charge in [-0.25, -0.2) is 8.42 Å². The van der Waals surface area contributed by atoms with E-state index in [9.17, 15) is 8.42 Å². The number of sulfone groups is 1. The van der Waals surface area contributed by atoms with E-state index in [1.807, 2.05) is 19.1 Å². The molecule has 0 aliphatic heterocycles. The summed E-state index contributed by atoms with van der Waals surface area (Å²) in [6.07, 6.45) is 4.66. The molecule has 146 valence electrons. The van der Waals surface area contributed by atoms with Crippen LogP contribution in [0.2, 0.25) is 0 Å². The molecule has 0 saturated heterocycles. The lowest BCUT2D eigenvalue weighted by Crippen LogP contribution is -2.20. The van der Waals surface area contributed by atoms with Gasteiger partial charge in [-0.1, -0.05) is 45.4 Å². The second-order valence-corrected chi connectivity index (χ2v) is 10.4. The number of fused-ring (bicyclic) bond motifs is 1. The van der Waals surface area contributed by atoms with Crippen LogP contribution in [0.25, 0.3) is 0 Å². The van der Waals surface area contributed by atoms with Gasteiger partial charge in [0.2, 0.25) is 9.84 Å². The van der Waals surface area contributed by atoms with Gasteiger partial charge in [-0.2, -0.15) is 0 Å². The molecule has 0 bridgehead atoms. The van der Waals surface area contributed by atoms with Crippen molar-refractivity contribution in [2.75, 3.05) is 0 Å². The molecular formula is C24H32O2S. The third-order valence-corrected chi connectivity index (χ3v) is 8.21. The van der Waals surface area contributed by atoms with Gasteiger partial charge in [0.05, 0.1) is 9.79 Å². The molecule has 0 radical (unpaired) electrons. The van der Waals surface area contributed by atoms with Crippen LogP contribution in [0.4, 0.5) is 0 Å². The fourth-order valence-electron chi connectivity index (χ4n) is 4.96. The van der Waals surface area contributed by atoms with Gasteiger partial charge in [-0.05, 0) is 91.3 Å². The van der Waals surface area contributed by atoms with Crippen molar-refractivity contribution in [3.63, 3.8) is 0 Å². The molecule has 3 atom stereocenters. The van der Waals surface area contributed by atoms with E-state index in [0.717, 1.165) is 29.9 Å². The summed E-state index contributed by atoms with van der Waals surface area (Å²) in [6, 6.07) is 10.7. The average Bonchev–Trinajstić information content (AvgIpc) is 2.63. The first-order chi connectivity index (χ1) is 12.8. The van der Waals surface area contributed by atoms with Crippen LogP contribution in [0, 0.1) is 25.7 Å². The Bertz CT molecular complexity index is 913. The zero-order valence-corrected chi connectivity index (χ0v) is 18.1. The molecule has 27 heavy (non-hydrogen) atoms. The Kier molecular flexibility index (Phi) is 5.81. The molecule has 1 aliphatic carbocycles. The highest BCUT2D eigenvalue weighted by molar-refractivity contribution is 7.91. The van der Waals surface area contributed by atoms with Gasteiger partial charge in [-0.15, -0.1) is 0 Å². The third-order valence-electron chi connectivity index (χ3n) is 6.31. The first kappa shape index (κ1) is 20.1. The van der Waals surface area contributed by atoms with E-state index in [1.165, 1.54) is 24.0 Å². The summed E-state index contributed by atoms with van der Waals surface area (Å²) in [7, 11) is -3.50. The predicted octanol–water partition coefficient (Wildman–Crippen LogP) is 6.24. The average molecular weight is 385 g/mol. The highest BCUT2D eigenvalue weighted by Crippen LogP contribution is 2.41. The Morgan fingerprint density at radius 1 is 1.04 bits per heavy atom. The van der Waals surface area contributed by atoms with E-state index in [-0.39, 0.29) is 0 Å². The normalized spacial score (nSPS) is 23.4. The van der Waals surface area contributed by atoms with Crippen molar-refractivity contribution in [2.45, 2.75) is 76.0 Å². The third kappa shape index (κ3) is 3.85. The van der Waals surface area contributed by atoms with Crippen LogP contribution in [0.15, 0.2) is 46.2 Å². The van der Waals surface area contributed by atoms with Crippen LogP contribution in [0.3, 0.4) is 0 Å². The van der Waals surface area contributed by atoms with E-state index >= 15 is 0 Å². The molecule has 0 fully saturated rings. The molecule has 3 rings (SSSR count). The summed E-state index contributed by atoms with van der Waals surface area (Å²) < 4.78 is 26.7. The van der Waals surface area contributed by atoms with E-state index < -0.39 is 9.84 Å². The number of hydrogen-bond acceptors (Lipinski definition) is 2. The number of aryl methyl sites for hydroxylation is 1. The number of benzene rings is 2. The lowest BCUT2D eigenvalue weighted by Gasteiger charge is -2.32. The van der Waals surface area contributed by atoms with Gasteiger partial charge in [0, 0.05) is 0 Å². The van der Waals surface area contributed by atoms with Crippen molar-refractivity contribution in [1.29, 1.82) is 0 Å². The molecule has 0 N–H and O–H groups in total. The first-order valence-corrected chi connectivity index (χ1v) is 11.7. The second-order valence-electron chi connectivity index (χ2n) is 8.48. The minimum absolute atomic E-state index is 0.380.